The lowest BCUT2D eigenvalue weighted by Gasteiger charge is -2.44. The molecule has 1 aliphatic rings. The van der Waals surface area contributed by atoms with Gasteiger partial charge in [0.15, 0.2) is 0 Å². The van der Waals surface area contributed by atoms with E-state index in [1.165, 1.54) is 0 Å². The first-order valence-electron chi connectivity index (χ1n) is 7.71. The maximum atomic E-state index is 11.4. The molecule has 0 saturated carbocycles. The molecule has 5 heteroatoms. The molecule has 124 valence electrons. The molecule has 0 aromatic heterocycles. The largest absolute Gasteiger partial charge is 0.370 e. The highest BCUT2D eigenvalue weighted by atomic mass is 16.2. The summed E-state index contributed by atoms with van der Waals surface area (Å²) >= 11 is 0. The van der Waals surface area contributed by atoms with Crippen LogP contribution >= 0.6 is 0 Å². The fourth-order valence-electron chi connectivity index (χ4n) is 2.50. The Kier molecular flexibility index (Phi) is 7.93. The predicted octanol–water partition coefficient (Wildman–Crippen LogP) is 1.86. The van der Waals surface area contributed by atoms with Crippen molar-refractivity contribution in [1.82, 2.24) is 9.80 Å². The maximum absolute atomic E-state index is 11.4. The van der Waals surface area contributed by atoms with Crippen LogP contribution in [0.1, 0.15) is 54.9 Å². The van der Waals surface area contributed by atoms with Gasteiger partial charge in [0.2, 0.25) is 11.8 Å². The molecule has 1 fully saturated rings. The van der Waals surface area contributed by atoms with Crippen LogP contribution in [0.3, 0.4) is 0 Å². The smallest absolute Gasteiger partial charge is 0.220 e. The minimum atomic E-state index is -0.269. The Balaban J connectivity index is 0.000000690. The number of carbonyl (C=O) groups is 2. The summed E-state index contributed by atoms with van der Waals surface area (Å²) in [5.41, 5.74) is 5.62. The second-order valence-corrected chi connectivity index (χ2v) is 7.60. The SMILES string of the molecule is CC(=O)N1C(C)CN(CCC(N)=O)CC1C.CC(C)(C)C. The van der Waals surface area contributed by atoms with E-state index >= 15 is 0 Å². The summed E-state index contributed by atoms with van der Waals surface area (Å²) in [4.78, 5) is 26.2. The fraction of sp³-hybridized carbons (Fsp3) is 0.875. The minimum absolute atomic E-state index is 0.120. The molecule has 0 bridgehead atoms. The lowest BCUT2D eigenvalue weighted by atomic mass is 10.0. The van der Waals surface area contributed by atoms with Gasteiger partial charge in [0.1, 0.15) is 0 Å². The molecule has 2 N–H and O–H groups in total. The Hall–Kier alpha value is -1.10. The summed E-state index contributed by atoms with van der Waals surface area (Å²) in [6.45, 7) is 16.7. The third kappa shape index (κ3) is 9.45. The molecule has 0 radical (unpaired) electrons. The average Bonchev–Trinajstić information content (AvgIpc) is 2.22. The van der Waals surface area contributed by atoms with Gasteiger partial charge in [0, 0.05) is 45.1 Å². The fourth-order valence-corrected chi connectivity index (χ4v) is 2.50. The molecule has 1 saturated heterocycles. The first-order chi connectivity index (χ1) is 9.41. The van der Waals surface area contributed by atoms with E-state index in [4.69, 9.17) is 5.73 Å². The molecule has 2 unspecified atom stereocenters. The summed E-state index contributed by atoms with van der Waals surface area (Å²) in [5, 5.41) is 0. The number of carbonyl (C=O) groups excluding carboxylic acids is 2. The van der Waals surface area contributed by atoms with Gasteiger partial charge in [-0.2, -0.15) is 0 Å². The summed E-state index contributed by atoms with van der Waals surface area (Å²) in [6.07, 6.45) is 0.388. The van der Waals surface area contributed by atoms with E-state index in [9.17, 15) is 9.59 Å². The molecule has 5 nitrogen and oxygen atoms in total. The summed E-state index contributed by atoms with van der Waals surface area (Å²) in [5.74, 6) is -0.149. The molecule has 2 atom stereocenters. The second kappa shape index (κ2) is 8.37. The van der Waals surface area contributed by atoms with Crippen molar-refractivity contribution in [2.24, 2.45) is 11.1 Å². The van der Waals surface area contributed by atoms with Gasteiger partial charge >= 0.3 is 0 Å². The molecule has 0 spiro atoms. The second-order valence-electron chi connectivity index (χ2n) is 7.60. The number of amides is 2. The lowest BCUT2D eigenvalue weighted by molar-refractivity contribution is -0.137. The van der Waals surface area contributed by atoms with Crippen LogP contribution < -0.4 is 5.73 Å². The predicted molar refractivity (Wildman–Crippen MR) is 86.8 cm³/mol. The van der Waals surface area contributed by atoms with E-state index in [1.807, 2.05) is 18.7 Å². The van der Waals surface area contributed by atoms with Crippen LogP contribution in [-0.2, 0) is 9.59 Å². The van der Waals surface area contributed by atoms with Crippen molar-refractivity contribution in [2.75, 3.05) is 19.6 Å². The average molecular weight is 299 g/mol. The van der Waals surface area contributed by atoms with Crippen molar-refractivity contribution >= 4 is 11.8 Å². The number of hydrogen-bond donors (Lipinski definition) is 1. The Morgan fingerprint density at radius 1 is 1.10 bits per heavy atom. The van der Waals surface area contributed by atoms with Crippen molar-refractivity contribution in [3.63, 3.8) is 0 Å². The number of piperazine rings is 1. The van der Waals surface area contributed by atoms with Crippen molar-refractivity contribution in [2.45, 2.75) is 67.0 Å². The molecule has 1 heterocycles. The molecular weight excluding hydrogens is 266 g/mol. The topological polar surface area (TPSA) is 66.6 Å². The summed E-state index contributed by atoms with van der Waals surface area (Å²) in [6, 6.07) is 0.406. The Morgan fingerprint density at radius 3 is 1.76 bits per heavy atom. The zero-order valence-electron chi connectivity index (χ0n) is 14.8. The number of hydrogen-bond acceptors (Lipinski definition) is 3. The Morgan fingerprint density at radius 2 is 1.48 bits per heavy atom. The summed E-state index contributed by atoms with van der Waals surface area (Å²) in [7, 11) is 0. The van der Waals surface area contributed by atoms with Gasteiger partial charge in [-0.05, 0) is 19.3 Å². The van der Waals surface area contributed by atoms with E-state index in [0.717, 1.165) is 13.1 Å². The lowest BCUT2D eigenvalue weighted by Crippen LogP contribution is -2.58. The van der Waals surface area contributed by atoms with Crippen molar-refractivity contribution in [3.05, 3.63) is 0 Å². The highest BCUT2D eigenvalue weighted by Gasteiger charge is 2.30. The summed E-state index contributed by atoms with van der Waals surface area (Å²) < 4.78 is 0. The van der Waals surface area contributed by atoms with E-state index in [-0.39, 0.29) is 23.9 Å². The molecule has 1 aliphatic heterocycles. The first-order valence-corrected chi connectivity index (χ1v) is 7.71. The number of nitrogens with zero attached hydrogens (tertiary/aromatic N) is 2. The first kappa shape index (κ1) is 19.9. The van der Waals surface area contributed by atoms with Crippen LogP contribution in [0.15, 0.2) is 0 Å². The van der Waals surface area contributed by atoms with Crippen LogP contribution in [0.5, 0.6) is 0 Å². The van der Waals surface area contributed by atoms with Gasteiger partial charge < -0.3 is 10.6 Å². The van der Waals surface area contributed by atoms with Crippen molar-refractivity contribution < 1.29 is 9.59 Å². The van der Waals surface area contributed by atoms with E-state index in [0.29, 0.717) is 18.4 Å². The number of rotatable bonds is 3. The zero-order chi connectivity index (χ0) is 16.8. The third-order valence-electron chi connectivity index (χ3n) is 3.03. The molecule has 2 amide bonds. The highest BCUT2D eigenvalue weighted by Crippen LogP contribution is 2.15. The van der Waals surface area contributed by atoms with E-state index in [2.05, 4.69) is 32.6 Å². The Labute approximate surface area is 129 Å². The van der Waals surface area contributed by atoms with Gasteiger partial charge in [-0.3, -0.25) is 14.5 Å². The van der Waals surface area contributed by atoms with Gasteiger partial charge in [-0.15, -0.1) is 0 Å². The van der Waals surface area contributed by atoms with Crippen LogP contribution in [0.25, 0.3) is 0 Å². The van der Waals surface area contributed by atoms with Crippen molar-refractivity contribution in [1.29, 1.82) is 0 Å². The minimum Gasteiger partial charge on any atom is -0.370 e. The quantitative estimate of drug-likeness (QED) is 0.865. The normalized spacial score (nSPS) is 23.3. The van der Waals surface area contributed by atoms with Crippen LogP contribution in [0, 0.1) is 5.41 Å². The molecule has 0 aromatic rings. The van der Waals surface area contributed by atoms with Crippen LogP contribution in [0.4, 0.5) is 0 Å². The van der Waals surface area contributed by atoms with E-state index < -0.39 is 0 Å². The standard InChI is InChI=1S/C11H21N3O2.C5H12/c1-8-6-13(5-4-11(12)16)7-9(2)14(8)10(3)15;1-5(2,3)4/h8-9H,4-7H2,1-3H3,(H2,12,16);1-4H3. The molecule has 0 aliphatic carbocycles. The molecule has 0 aromatic carbocycles. The molecule has 1 rings (SSSR count). The van der Waals surface area contributed by atoms with Gasteiger partial charge in [0.05, 0.1) is 0 Å². The number of nitrogens with two attached hydrogens (primary N) is 1. The van der Waals surface area contributed by atoms with Gasteiger partial charge in [0.25, 0.3) is 0 Å². The van der Waals surface area contributed by atoms with Crippen molar-refractivity contribution in [3.8, 4) is 0 Å². The van der Waals surface area contributed by atoms with Crippen LogP contribution in [0.2, 0.25) is 0 Å². The van der Waals surface area contributed by atoms with E-state index in [1.54, 1.807) is 6.92 Å². The number of primary amides is 1. The molecule has 21 heavy (non-hydrogen) atoms. The Bertz CT molecular complexity index is 332. The zero-order valence-corrected chi connectivity index (χ0v) is 14.8. The van der Waals surface area contributed by atoms with Gasteiger partial charge in [-0.25, -0.2) is 0 Å². The molecular formula is C16H33N3O2. The van der Waals surface area contributed by atoms with Gasteiger partial charge in [-0.1, -0.05) is 27.7 Å². The highest BCUT2D eigenvalue weighted by molar-refractivity contribution is 5.74. The monoisotopic (exact) mass is 299 g/mol. The third-order valence-corrected chi connectivity index (χ3v) is 3.03. The van der Waals surface area contributed by atoms with Crippen LogP contribution in [-0.4, -0.2) is 53.3 Å². The maximum Gasteiger partial charge on any atom is 0.220 e.